The van der Waals surface area contributed by atoms with Crippen LogP contribution in [0.2, 0.25) is 0 Å². The first-order valence-corrected chi connectivity index (χ1v) is 7.95. The van der Waals surface area contributed by atoms with Gasteiger partial charge in [-0.15, -0.1) is 0 Å². The van der Waals surface area contributed by atoms with E-state index in [4.69, 9.17) is 14.0 Å². The van der Waals surface area contributed by atoms with Gasteiger partial charge in [-0.25, -0.2) is 0 Å². The molecule has 1 fully saturated rings. The minimum absolute atomic E-state index is 0.0186. The van der Waals surface area contributed by atoms with Crippen molar-refractivity contribution >= 4 is 22.8 Å². The Balaban J connectivity index is 1.53. The Hall–Kier alpha value is -2.41. The van der Waals surface area contributed by atoms with Gasteiger partial charge in [0.1, 0.15) is 5.69 Å². The van der Waals surface area contributed by atoms with Crippen LogP contribution in [0.5, 0.6) is 0 Å². The summed E-state index contributed by atoms with van der Waals surface area (Å²) >= 11 is 0. The molecule has 128 valence electrons. The SMILES string of the molecule is C[C@@H]1CN(C(=O)COC(=O)Cc2noc3ccccc23)C[C@@H](C)O1. The van der Waals surface area contributed by atoms with Crippen molar-refractivity contribution in [2.24, 2.45) is 0 Å². The molecule has 1 saturated heterocycles. The summed E-state index contributed by atoms with van der Waals surface area (Å²) < 4.78 is 15.8. The number of aromatic nitrogens is 1. The Bertz CT molecular complexity index is 731. The minimum atomic E-state index is -0.503. The third-order valence-electron chi connectivity index (χ3n) is 3.89. The molecule has 24 heavy (non-hydrogen) atoms. The van der Waals surface area contributed by atoms with Gasteiger partial charge in [0.25, 0.3) is 5.91 Å². The average molecular weight is 332 g/mol. The molecule has 7 nitrogen and oxygen atoms in total. The topological polar surface area (TPSA) is 81.9 Å². The van der Waals surface area contributed by atoms with Crippen LogP contribution in [-0.4, -0.2) is 53.8 Å². The smallest absolute Gasteiger partial charge is 0.312 e. The van der Waals surface area contributed by atoms with Gasteiger partial charge >= 0.3 is 5.97 Å². The summed E-state index contributed by atoms with van der Waals surface area (Å²) in [6.07, 6.45) is -0.0648. The fourth-order valence-electron chi connectivity index (χ4n) is 2.87. The highest BCUT2D eigenvalue weighted by Gasteiger charge is 2.26. The number of fused-ring (bicyclic) bond motifs is 1. The van der Waals surface area contributed by atoms with Crippen molar-refractivity contribution in [2.45, 2.75) is 32.5 Å². The average Bonchev–Trinajstić information content (AvgIpc) is 2.95. The standard InChI is InChI=1S/C17H20N2O5/c1-11-8-19(9-12(2)23-11)16(20)10-22-17(21)7-14-13-5-3-4-6-15(13)24-18-14/h3-6,11-12H,7-10H2,1-2H3/t11-,12-/m1/s1. The van der Waals surface area contributed by atoms with E-state index in [2.05, 4.69) is 5.16 Å². The third-order valence-corrected chi connectivity index (χ3v) is 3.89. The number of morpholine rings is 1. The summed E-state index contributed by atoms with van der Waals surface area (Å²) in [4.78, 5) is 25.8. The number of amides is 1. The molecule has 0 spiro atoms. The number of benzene rings is 1. The van der Waals surface area contributed by atoms with E-state index in [1.807, 2.05) is 32.0 Å². The summed E-state index contributed by atoms with van der Waals surface area (Å²) in [5, 5.41) is 4.66. The largest absolute Gasteiger partial charge is 0.455 e. The van der Waals surface area contributed by atoms with E-state index in [0.717, 1.165) is 5.39 Å². The molecule has 7 heteroatoms. The second-order valence-corrected chi connectivity index (χ2v) is 6.02. The Morgan fingerprint density at radius 1 is 1.25 bits per heavy atom. The first kappa shape index (κ1) is 16.4. The minimum Gasteiger partial charge on any atom is -0.455 e. The summed E-state index contributed by atoms with van der Waals surface area (Å²) in [7, 11) is 0. The lowest BCUT2D eigenvalue weighted by Gasteiger charge is -2.35. The molecule has 2 aromatic rings. The van der Waals surface area contributed by atoms with Gasteiger partial charge in [-0.3, -0.25) is 9.59 Å². The molecule has 0 saturated carbocycles. The molecule has 2 heterocycles. The van der Waals surface area contributed by atoms with E-state index in [-0.39, 0.29) is 31.1 Å². The lowest BCUT2D eigenvalue weighted by Crippen LogP contribution is -2.49. The van der Waals surface area contributed by atoms with Crippen molar-refractivity contribution in [3.63, 3.8) is 0 Å². The number of carbonyl (C=O) groups is 2. The first-order chi connectivity index (χ1) is 11.5. The van der Waals surface area contributed by atoms with Crippen molar-refractivity contribution in [1.82, 2.24) is 10.1 Å². The van der Waals surface area contributed by atoms with Crippen LogP contribution in [0.25, 0.3) is 11.0 Å². The molecule has 0 unspecified atom stereocenters. The van der Waals surface area contributed by atoms with Gasteiger partial charge in [0.05, 0.1) is 18.6 Å². The Kier molecular flexibility index (Phi) is 4.80. The molecular weight excluding hydrogens is 312 g/mol. The summed E-state index contributed by atoms with van der Waals surface area (Å²) in [5.74, 6) is -0.716. The van der Waals surface area contributed by atoms with Gasteiger partial charge < -0.3 is 18.9 Å². The van der Waals surface area contributed by atoms with Gasteiger partial charge in [0.15, 0.2) is 12.2 Å². The number of nitrogens with zero attached hydrogens (tertiary/aromatic N) is 2. The third kappa shape index (κ3) is 3.73. The van der Waals surface area contributed by atoms with E-state index in [1.165, 1.54) is 0 Å². The molecule has 3 rings (SSSR count). The number of ether oxygens (including phenoxy) is 2. The molecule has 1 amide bonds. The molecule has 1 aromatic heterocycles. The maximum atomic E-state index is 12.2. The number of esters is 1. The zero-order valence-corrected chi connectivity index (χ0v) is 13.7. The van der Waals surface area contributed by atoms with Crippen LogP contribution >= 0.6 is 0 Å². The van der Waals surface area contributed by atoms with Crippen molar-refractivity contribution in [3.8, 4) is 0 Å². The molecule has 1 aromatic carbocycles. The van der Waals surface area contributed by atoms with Crippen molar-refractivity contribution in [2.75, 3.05) is 19.7 Å². The van der Waals surface area contributed by atoms with Crippen molar-refractivity contribution in [3.05, 3.63) is 30.0 Å². The molecule has 0 aliphatic carbocycles. The second kappa shape index (κ2) is 7.00. The lowest BCUT2D eigenvalue weighted by molar-refractivity contribution is -0.156. The van der Waals surface area contributed by atoms with Gasteiger partial charge in [0, 0.05) is 18.5 Å². The first-order valence-electron chi connectivity index (χ1n) is 7.95. The van der Waals surface area contributed by atoms with Gasteiger partial charge in [-0.05, 0) is 26.0 Å². The zero-order chi connectivity index (χ0) is 17.1. The van der Waals surface area contributed by atoms with E-state index >= 15 is 0 Å². The van der Waals surface area contributed by atoms with Crippen LogP contribution in [0.15, 0.2) is 28.8 Å². The summed E-state index contributed by atoms with van der Waals surface area (Å²) in [6.45, 7) is 4.58. The fraction of sp³-hybridized carbons (Fsp3) is 0.471. The van der Waals surface area contributed by atoms with Crippen molar-refractivity contribution in [1.29, 1.82) is 0 Å². The molecule has 0 N–H and O–H groups in total. The van der Waals surface area contributed by atoms with Crippen LogP contribution in [0.4, 0.5) is 0 Å². The van der Waals surface area contributed by atoms with Gasteiger partial charge in [-0.2, -0.15) is 0 Å². The second-order valence-electron chi connectivity index (χ2n) is 6.02. The molecule has 2 atom stereocenters. The lowest BCUT2D eigenvalue weighted by atomic mass is 10.2. The van der Waals surface area contributed by atoms with E-state index in [1.54, 1.807) is 11.0 Å². The van der Waals surface area contributed by atoms with E-state index < -0.39 is 5.97 Å². The van der Waals surface area contributed by atoms with Crippen LogP contribution in [0.3, 0.4) is 0 Å². The van der Waals surface area contributed by atoms with Crippen LogP contribution in [0.1, 0.15) is 19.5 Å². The van der Waals surface area contributed by atoms with Crippen LogP contribution in [-0.2, 0) is 25.5 Å². The number of rotatable bonds is 4. The Morgan fingerprint density at radius 3 is 2.71 bits per heavy atom. The summed E-state index contributed by atoms with van der Waals surface area (Å²) in [5.41, 5.74) is 1.13. The highest BCUT2D eigenvalue weighted by atomic mass is 16.5. The number of para-hydroxylation sites is 1. The summed E-state index contributed by atoms with van der Waals surface area (Å²) in [6, 6.07) is 7.29. The fourth-order valence-corrected chi connectivity index (χ4v) is 2.87. The molecule has 0 bridgehead atoms. The predicted octanol–water partition coefficient (Wildman–Crippen LogP) is 1.55. The molecule has 1 aliphatic rings. The van der Waals surface area contributed by atoms with Crippen LogP contribution < -0.4 is 0 Å². The molecule has 1 aliphatic heterocycles. The number of carbonyl (C=O) groups excluding carboxylic acids is 2. The molecule has 0 radical (unpaired) electrons. The quantitative estimate of drug-likeness (QED) is 0.790. The maximum Gasteiger partial charge on any atom is 0.312 e. The predicted molar refractivity (Wildman–Crippen MR) is 85.3 cm³/mol. The Labute approximate surface area is 139 Å². The molecular formula is C17H20N2O5. The maximum absolute atomic E-state index is 12.2. The van der Waals surface area contributed by atoms with E-state index in [9.17, 15) is 9.59 Å². The highest BCUT2D eigenvalue weighted by Crippen LogP contribution is 2.18. The Morgan fingerprint density at radius 2 is 1.96 bits per heavy atom. The van der Waals surface area contributed by atoms with E-state index in [0.29, 0.717) is 24.4 Å². The highest BCUT2D eigenvalue weighted by molar-refractivity contribution is 5.85. The number of hydrogen-bond acceptors (Lipinski definition) is 6. The number of hydrogen-bond donors (Lipinski definition) is 0. The van der Waals surface area contributed by atoms with Gasteiger partial charge in [0.2, 0.25) is 0 Å². The monoisotopic (exact) mass is 332 g/mol. The van der Waals surface area contributed by atoms with Gasteiger partial charge in [-0.1, -0.05) is 17.3 Å². The van der Waals surface area contributed by atoms with Crippen molar-refractivity contribution < 1.29 is 23.6 Å². The zero-order valence-electron chi connectivity index (χ0n) is 13.7. The van der Waals surface area contributed by atoms with Crippen LogP contribution in [0, 0.1) is 0 Å². The normalized spacial score (nSPS) is 21.0.